The highest BCUT2D eigenvalue weighted by Crippen LogP contribution is 2.39. The number of carbonyl (C=O) groups excluding carboxylic acids is 1. The number of nitrogens with one attached hydrogen (secondary N) is 2. The highest BCUT2D eigenvalue weighted by molar-refractivity contribution is 7.93. The van der Waals surface area contributed by atoms with E-state index in [1.807, 2.05) is 42.9 Å². The Balaban J connectivity index is 1.29. The Morgan fingerprint density at radius 3 is 2.68 bits per heavy atom. The number of ether oxygens (including phenoxy) is 1. The molecule has 3 heterocycles. The molecule has 41 heavy (non-hydrogen) atoms. The molecule has 2 N–H and O–H groups in total. The minimum Gasteiger partial charge on any atom is -0.477 e. The van der Waals surface area contributed by atoms with Gasteiger partial charge in [0.05, 0.1) is 47.3 Å². The van der Waals surface area contributed by atoms with Gasteiger partial charge in [-0.15, -0.1) is 0 Å². The summed E-state index contributed by atoms with van der Waals surface area (Å²) in [5.74, 6) is 0.172. The van der Waals surface area contributed by atoms with Crippen molar-refractivity contribution in [2.45, 2.75) is 49.7 Å². The van der Waals surface area contributed by atoms with Crippen molar-refractivity contribution in [3.05, 3.63) is 72.1 Å². The molecule has 2 aliphatic rings. The van der Waals surface area contributed by atoms with Crippen LogP contribution in [0.4, 0.5) is 11.6 Å². The van der Waals surface area contributed by atoms with Crippen LogP contribution in [-0.2, 0) is 40.1 Å². The Morgan fingerprint density at radius 1 is 1.12 bits per heavy atom. The van der Waals surface area contributed by atoms with Crippen molar-refractivity contribution in [3.63, 3.8) is 0 Å². The van der Waals surface area contributed by atoms with Gasteiger partial charge in [0, 0.05) is 30.2 Å². The fraction of sp³-hybridized carbons (Fsp3) is 0.357. The van der Waals surface area contributed by atoms with Gasteiger partial charge in [-0.05, 0) is 62.8 Å². The topological polar surface area (TPSA) is 154 Å². The van der Waals surface area contributed by atoms with Gasteiger partial charge in [-0.25, -0.2) is 23.4 Å². The molecule has 1 fully saturated rings. The lowest BCUT2D eigenvalue weighted by atomic mass is 9.70. The molecule has 1 saturated carbocycles. The maximum Gasteiger partial charge on any atom is 0.237 e. The van der Waals surface area contributed by atoms with Gasteiger partial charge in [0.1, 0.15) is 0 Å². The minimum absolute atomic E-state index is 0.0293. The second kappa shape index (κ2) is 10.5. The molecule has 1 aromatic carbocycles. The zero-order valence-corrected chi connectivity index (χ0v) is 23.6. The van der Waals surface area contributed by atoms with Gasteiger partial charge in [0.15, 0.2) is 0 Å². The fourth-order valence-corrected chi connectivity index (χ4v) is 6.47. The Kier molecular flexibility index (Phi) is 6.89. The van der Waals surface area contributed by atoms with Crippen molar-refractivity contribution in [2.24, 2.45) is 7.05 Å². The average Bonchev–Trinajstić information content (AvgIpc) is 3.78. The molecule has 6 rings (SSSR count). The molecule has 1 amide bonds. The molecule has 1 atom stereocenters. The second-order valence-corrected chi connectivity index (χ2v) is 12.3. The zero-order chi connectivity index (χ0) is 28.6. The van der Waals surface area contributed by atoms with Gasteiger partial charge in [-0.2, -0.15) is 5.10 Å². The zero-order valence-electron chi connectivity index (χ0n) is 22.7. The molecule has 0 saturated heterocycles. The van der Waals surface area contributed by atoms with E-state index in [0.717, 1.165) is 16.8 Å². The lowest BCUT2D eigenvalue weighted by Crippen LogP contribution is -2.45. The SMILES string of the molecule is CCOc1cncc(-c2ccc(NC(=O)C3(c4ccnc(NS(=O)(=O)C5CC5)n4)CCc4c(cnn4C)C3)cc2)n1. The third kappa shape index (κ3) is 5.36. The third-order valence-corrected chi connectivity index (χ3v) is 9.37. The summed E-state index contributed by atoms with van der Waals surface area (Å²) in [6, 6.07) is 9.02. The number of hydrogen-bond donors (Lipinski definition) is 2. The lowest BCUT2D eigenvalue weighted by Gasteiger charge is -2.35. The van der Waals surface area contributed by atoms with E-state index >= 15 is 0 Å². The molecule has 0 aliphatic heterocycles. The van der Waals surface area contributed by atoms with Crippen molar-refractivity contribution in [1.82, 2.24) is 29.7 Å². The number of nitrogens with zero attached hydrogens (tertiary/aromatic N) is 6. The summed E-state index contributed by atoms with van der Waals surface area (Å²) in [4.78, 5) is 31.5. The Bertz CT molecular complexity index is 1700. The Morgan fingerprint density at radius 2 is 1.93 bits per heavy atom. The van der Waals surface area contributed by atoms with Crippen LogP contribution in [0.25, 0.3) is 11.3 Å². The van der Waals surface area contributed by atoms with Crippen LogP contribution in [-0.4, -0.2) is 55.9 Å². The van der Waals surface area contributed by atoms with Crippen LogP contribution in [0.2, 0.25) is 0 Å². The van der Waals surface area contributed by atoms with Gasteiger partial charge in [0.25, 0.3) is 0 Å². The lowest BCUT2D eigenvalue weighted by molar-refractivity contribution is -0.122. The third-order valence-electron chi connectivity index (χ3n) is 7.55. The molecular formula is C28H30N8O4S. The maximum atomic E-state index is 14.1. The van der Waals surface area contributed by atoms with E-state index in [-0.39, 0.29) is 11.9 Å². The standard InChI is InChI=1S/C28H30N8O4S/c1-3-40-25-17-29-16-22(33-25)18-4-6-20(7-5-18)32-26(37)28(12-10-23-19(14-28)15-31-36(23)2)24-11-13-30-27(34-24)35-41(38,39)21-8-9-21/h4-7,11,13,15-17,21H,3,8-10,12,14H2,1-2H3,(H,32,37)(H,30,34,35). The summed E-state index contributed by atoms with van der Waals surface area (Å²) in [5.41, 5.74) is 3.50. The molecule has 2 aliphatic carbocycles. The summed E-state index contributed by atoms with van der Waals surface area (Å²) >= 11 is 0. The summed E-state index contributed by atoms with van der Waals surface area (Å²) in [5, 5.41) is 7.04. The Labute approximate surface area is 237 Å². The monoisotopic (exact) mass is 574 g/mol. The van der Waals surface area contributed by atoms with E-state index < -0.39 is 20.7 Å². The normalized spacial score (nSPS) is 18.4. The molecular weight excluding hydrogens is 544 g/mol. The van der Waals surface area contributed by atoms with Gasteiger partial charge in [0.2, 0.25) is 27.8 Å². The number of benzene rings is 1. The van der Waals surface area contributed by atoms with Crippen molar-refractivity contribution < 1.29 is 17.9 Å². The number of rotatable bonds is 9. The van der Waals surface area contributed by atoms with E-state index in [9.17, 15) is 13.2 Å². The summed E-state index contributed by atoms with van der Waals surface area (Å²) in [7, 11) is -1.67. The molecule has 13 heteroatoms. The number of amides is 1. The molecule has 0 radical (unpaired) electrons. The number of sulfonamides is 1. The maximum absolute atomic E-state index is 14.1. The quantitative estimate of drug-likeness (QED) is 0.307. The minimum atomic E-state index is -3.56. The highest BCUT2D eigenvalue weighted by Gasteiger charge is 2.46. The molecule has 3 aromatic heterocycles. The molecule has 1 unspecified atom stereocenters. The van der Waals surface area contributed by atoms with Crippen molar-refractivity contribution in [2.75, 3.05) is 16.6 Å². The molecule has 12 nitrogen and oxygen atoms in total. The van der Waals surface area contributed by atoms with Crippen molar-refractivity contribution in [3.8, 4) is 17.1 Å². The van der Waals surface area contributed by atoms with E-state index in [1.54, 1.807) is 24.7 Å². The number of aryl methyl sites for hydroxylation is 1. The van der Waals surface area contributed by atoms with Crippen LogP contribution < -0.4 is 14.8 Å². The number of hydrogen-bond acceptors (Lipinski definition) is 9. The highest BCUT2D eigenvalue weighted by atomic mass is 32.2. The first-order valence-electron chi connectivity index (χ1n) is 13.5. The van der Waals surface area contributed by atoms with Crippen LogP contribution in [0, 0.1) is 0 Å². The predicted molar refractivity (Wildman–Crippen MR) is 152 cm³/mol. The van der Waals surface area contributed by atoms with Crippen LogP contribution >= 0.6 is 0 Å². The van der Waals surface area contributed by atoms with E-state index in [0.29, 0.717) is 61.7 Å². The molecule has 0 bridgehead atoms. The predicted octanol–water partition coefficient (Wildman–Crippen LogP) is 3.04. The summed E-state index contributed by atoms with van der Waals surface area (Å²) in [6.45, 7) is 2.38. The van der Waals surface area contributed by atoms with Crippen LogP contribution in [0.5, 0.6) is 5.88 Å². The van der Waals surface area contributed by atoms with Crippen LogP contribution in [0.3, 0.4) is 0 Å². The van der Waals surface area contributed by atoms with Crippen LogP contribution in [0.15, 0.2) is 55.1 Å². The van der Waals surface area contributed by atoms with Crippen LogP contribution in [0.1, 0.15) is 43.1 Å². The van der Waals surface area contributed by atoms with Gasteiger partial charge >= 0.3 is 0 Å². The smallest absolute Gasteiger partial charge is 0.237 e. The first kappa shape index (κ1) is 26.8. The van der Waals surface area contributed by atoms with E-state index in [4.69, 9.17) is 4.74 Å². The molecule has 212 valence electrons. The fourth-order valence-electron chi connectivity index (χ4n) is 5.20. The molecule has 4 aromatic rings. The van der Waals surface area contributed by atoms with E-state index in [2.05, 4.69) is 35.1 Å². The number of fused-ring (bicyclic) bond motifs is 1. The first-order valence-corrected chi connectivity index (χ1v) is 15.0. The van der Waals surface area contributed by atoms with Gasteiger partial charge in [-0.1, -0.05) is 12.1 Å². The second-order valence-electron chi connectivity index (χ2n) is 10.3. The number of aromatic nitrogens is 6. The number of anilines is 2. The van der Waals surface area contributed by atoms with Crippen molar-refractivity contribution in [1.29, 1.82) is 0 Å². The number of carbonyl (C=O) groups is 1. The Hall–Kier alpha value is -4.39. The average molecular weight is 575 g/mol. The molecule has 0 spiro atoms. The van der Waals surface area contributed by atoms with E-state index in [1.165, 1.54) is 6.20 Å². The van der Waals surface area contributed by atoms with Gasteiger partial charge < -0.3 is 10.1 Å². The summed E-state index contributed by atoms with van der Waals surface area (Å²) in [6.07, 6.45) is 9.18. The van der Waals surface area contributed by atoms with Crippen molar-refractivity contribution >= 4 is 27.6 Å². The first-order chi connectivity index (χ1) is 19.8. The summed E-state index contributed by atoms with van der Waals surface area (Å²) < 4.78 is 34.9. The van der Waals surface area contributed by atoms with Gasteiger partial charge in [-0.3, -0.25) is 19.2 Å². The largest absolute Gasteiger partial charge is 0.477 e.